The largest absolute Gasteiger partial charge is 0.479 e. The molecule has 92 valence electrons. The van der Waals surface area contributed by atoms with Crippen molar-refractivity contribution in [1.82, 2.24) is 5.32 Å². The van der Waals surface area contributed by atoms with Crippen molar-refractivity contribution in [2.45, 2.75) is 44.6 Å². The normalized spacial score (nSPS) is 19.1. The van der Waals surface area contributed by atoms with Gasteiger partial charge in [-0.25, -0.2) is 4.79 Å². The molecule has 1 saturated carbocycles. The topological polar surface area (TPSA) is 86.6 Å². The van der Waals surface area contributed by atoms with Crippen molar-refractivity contribution in [2.75, 3.05) is 6.54 Å². The van der Waals surface area contributed by atoms with Crippen LogP contribution in [0.3, 0.4) is 0 Å². The Hall–Kier alpha value is -1.10. The second-order valence-corrected chi connectivity index (χ2v) is 4.37. The number of rotatable bonds is 5. The number of hydrogen-bond acceptors (Lipinski definition) is 3. The van der Waals surface area contributed by atoms with Crippen LogP contribution in [-0.2, 0) is 9.59 Å². The van der Waals surface area contributed by atoms with Gasteiger partial charge in [0.25, 0.3) is 0 Å². The fourth-order valence-corrected chi connectivity index (χ4v) is 2.02. The summed E-state index contributed by atoms with van der Waals surface area (Å²) in [6.45, 7) is -0.207. The smallest absolute Gasteiger partial charge is 0.334 e. The average molecular weight is 229 g/mol. The lowest BCUT2D eigenvalue weighted by atomic mass is 9.87. The molecule has 1 rings (SSSR count). The minimum absolute atomic E-state index is 0.160. The number of aliphatic hydroxyl groups excluding tert-OH is 1. The number of carboxylic acid groups (broad SMARTS) is 1. The Morgan fingerprint density at radius 3 is 2.44 bits per heavy atom. The number of hydrogen-bond donors (Lipinski definition) is 3. The first kappa shape index (κ1) is 13.0. The van der Waals surface area contributed by atoms with Gasteiger partial charge in [-0.15, -0.1) is 0 Å². The Bertz CT molecular complexity index is 248. The zero-order valence-electron chi connectivity index (χ0n) is 9.32. The third-order valence-corrected chi connectivity index (χ3v) is 2.98. The van der Waals surface area contributed by atoms with E-state index in [4.69, 9.17) is 10.2 Å². The standard InChI is InChI=1S/C11H19NO4/c13-9(11(15)16)7-12-10(14)6-8-4-2-1-3-5-8/h8-9,13H,1-7H2,(H,12,14)(H,15,16)/t9-/m0/s1. The van der Waals surface area contributed by atoms with Crippen molar-refractivity contribution < 1.29 is 19.8 Å². The molecule has 1 amide bonds. The van der Waals surface area contributed by atoms with Gasteiger partial charge in [0.2, 0.25) is 5.91 Å². The molecule has 16 heavy (non-hydrogen) atoms. The van der Waals surface area contributed by atoms with Gasteiger partial charge in [-0.1, -0.05) is 19.3 Å². The highest BCUT2D eigenvalue weighted by molar-refractivity contribution is 5.78. The van der Waals surface area contributed by atoms with Crippen LogP contribution in [0.15, 0.2) is 0 Å². The van der Waals surface area contributed by atoms with E-state index in [0.29, 0.717) is 12.3 Å². The summed E-state index contributed by atoms with van der Waals surface area (Å²) in [5.41, 5.74) is 0. The molecule has 0 aromatic heterocycles. The van der Waals surface area contributed by atoms with Gasteiger partial charge in [0.15, 0.2) is 6.10 Å². The van der Waals surface area contributed by atoms with E-state index in [1.54, 1.807) is 0 Å². The molecule has 5 heteroatoms. The van der Waals surface area contributed by atoms with E-state index in [2.05, 4.69) is 5.32 Å². The maximum Gasteiger partial charge on any atom is 0.334 e. The van der Waals surface area contributed by atoms with Crippen LogP contribution in [0.4, 0.5) is 0 Å². The molecule has 5 nitrogen and oxygen atoms in total. The number of aliphatic carboxylic acids is 1. The summed E-state index contributed by atoms with van der Waals surface area (Å²) in [6, 6.07) is 0. The SMILES string of the molecule is O=C(CC1CCCCC1)NC[C@H](O)C(=O)O. The number of carbonyl (C=O) groups excluding carboxylic acids is 1. The van der Waals surface area contributed by atoms with Crippen molar-refractivity contribution >= 4 is 11.9 Å². The highest BCUT2D eigenvalue weighted by atomic mass is 16.4. The molecule has 0 aromatic rings. The van der Waals surface area contributed by atoms with E-state index in [1.165, 1.54) is 19.3 Å². The summed E-state index contributed by atoms with van der Waals surface area (Å²) >= 11 is 0. The van der Waals surface area contributed by atoms with E-state index in [9.17, 15) is 9.59 Å². The van der Waals surface area contributed by atoms with Crippen molar-refractivity contribution in [3.8, 4) is 0 Å². The monoisotopic (exact) mass is 229 g/mol. The van der Waals surface area contributed by atoms with Crippen LogP contribution in [0.1, 0.15) is 38.5 Å². The number of nitrogens with one attached hydrogen (secondary N) is 1. The summed E-state index contributed by atoms with van der Waals surface area (Å²) in [4.78, 5) is 21.7. The summed E-state index contributed by atoms with van der Waals surface area (Å²) in [5.74, 6) is -1.04. The third kappa shape index (κ3) is 4.61. The average Bonchev–Trinajstić information content (AvgIpc) is 2.27. The molecule has 0 aliphatic heterocycles. The van der Waals surface area contributed by atoms with Crippen LogP contribution in [0.5, 0.6) is 0 Å². The van der Waals surface area contributed by atoms with Gasteiger partial charge in [0, 0.05) is 6.42 Å². The minimum atomic E-state index is -1.50. The Morgan fingerprint density at radius 1 is 1.25 bits per heavy atom. The number of carboxylic acids is 1. The second kappa shape index (κ2) is 6.48. The predicted octanol–water partition coefficient (Wildman–Crippen LogP) is 0.518. The van der Waals surface area contributed by atoms with Crippen LogP contribution in [0.25, 0.3) is 0 Å². The number of carbonyl (C=O) groups is 2. The summed E-state index contributed by atoms with van der Waals surface area (Å²) in [5, 5.41) is 19.8. The molecule has 0 spiro atoms. The van der Waals surface area contributed by atoms with Gasteiger partial charge in [-0.3, -0.25) is 4.79 Å². The van der Waals surface area contributed by atoms with Crippen molar-refractivity contribution in [3.63, 3.8) is 0 Å². The van der Waals surface area contributed by atoms with Gasteiger partial charge in [-0.2, -0.15) is 0 Å². The molecule has 0 saturated heterocycles. The van der Waals surface area contributed by atoms with Gasteiger partial charge >= 0.3 is 5.97 Å². The molecule has 0 aromatic carbocycles. The lowest BCUT2D eigenvalue weighted by molar-refractivity contribution is -0.146. The highest BCUT2D eigenvalue weighted by Gasteiger charge is 2.18. The molecule has 0 radical (unpaired) electrons. The Kier molecular flexibility index (Phi) is 5.25. The maximum atomic E-state index is 11.4. The maximum absolute atomic E-state index is 11.4. The first-order valence-electron chi connectivity index (χ1n) is 5.77. The molecule has 3 N–H and O–H groups in total. The summed E-state index contributed by atoms with van der Waals surface area (Å²) < 4.78 is 0. The zero-order valence-corrected chi connectivity index (χ0v) is 9.32. The first-order chi connectivity index (χ1) is 7.59. The predicted molar refractivity (Wildman–Crippen MR) is 57.8 cm³/mol. The molecule has 0 heterocycles. The van der Waals surface area contributed by atoms with Gasteiger partial charge in [-0.05, 0) is 18.8 Å². The van der Waals surface area contributed by atoms with Gasteiger partial charge in [0.05, 0.1) is 6.54 Å². The molecule has 1 fully saturated rings. The molecule has 0 bridgehead atoms. The Labute approximate surface area is 94.8 Å². The molecule has 1 aliphatic carbocycles. The first-order valence-corrected chi connectivity index (χ1v) is 5.77. The molecular formula is C11H19NO4. The molecule has 1 aliphatic rings. The number of aliphatic hydroxyl groups is 1. The van der Waals surface area contributed by atoms with E-state index in [-0.39, 0.29) is 12.5 Å². The summed E-state index contributed by atoms with van der Waals surface area (Å²) in [7, 11) is 0. The van der Waals surface area contributed by atoms with Crippen molar-refractivity contribution in [1.29, 1.82) is 0 Å². The lowest BCUT2D eigenvalue weighted by Crippen LogP contribution is -2.37. The van der Waals surface area contributed by atoms with Crippen molar-refractivity contribution in [2.24, 2.45) is 5.92 Å². The van der Waals surface area contributed by atoms with E-state index >= 15 is 0 Å². The Balaban J connectivity index is 2.17. The van der Waals surface area contributed by atoms with Crippen LogP contribution in [0.2, 0.25) is 0 Å². The summed E-state index contributed by atoms with van der Waals surface area (Å²) in [6.07, 6.45) is 4.70. The molecular weight excluding hydrogens is 210 g/mol. The minimum Gasteiger partial charge on any atom is -0.479 e. The van der Waals surface area contributed by atoms with Gasteiger partial charge in [0.1, 0.15) is 0 Å². The van der Waals surface area contributed by atoms with Gasteiger partial charge < -0.3 is 15.5 Å². The van der Waals surface area contributed by atoms with Crippen LogP contribution in [-0.4, -0.2) is 34.7 Å². The lowest BCUT2D eigenvalue weighted by Gasteiger charge is -2.20. The molecule has 0 unspecified atom stereocenters. The van der Waals surface area contributed by atoms with Crippen molar-refractivity contribution in [3.05, 3.63) is 0 Å². The van der Waals surface area contributed by atoms with Crippen LogP contribution >= 0.6 is 0 Å². The van der Waals surface area contributed by atoms with E-state index in [0.717, 1.165) is 12.8 Å². The van der Waals surface area contributed by atoms with E-state index < -0.39 is 12.1 Å². The quantitative estimate of drug-likeness (QED) is 0.641. The zero-order chi connectivity index (χ0) is 12.0. The van der Waals surface area contributed by atoms with E-state index in [1.807, 2.05) is 0 Å². The fraction of sp³-hybridized carbons (Fsp3) is 0.818. The third-order valence-electron chi connectivity index (χ3n) is 2.98. The second-order valence-electron chi connectivity index (χ2n) is 4.37. The number of amides is 1. The highest BCUT2D eigenvalue weighted by Crippen LogP contribution is 2.25. The fourth-order valence-electron chi connectivity index (χ4n) is 2.02. The molecule has 1 atom stereocenters. The van der Waals surface area contributed by atoms with Crippen LogP contribution < -0.4 is 5.32 Å². The Morgan fingerprint density at radius 2 is 1.88 bits per heavy atom. The van der Waals surface area contributed by atoms with Crippen LogP contribution in [0, 0.1) is 5.92 Å².